The van der Waals surface area contributed by atoms with Crippen molar-refractivity contribution >= 4 is 23.1 Å². The van der Waals surface area contributed by atoms with Gasteiger partial charge < -0.3 is 10.6 Å². The van der Waals surface area contributed by atoms with Crippen molar-refractivity contribution in [2.45, 2.75) is 26.2 Å². The van der Waals surface area contributed by atoms with Gasteiger partial charge in [-0.3, -0.25) is 4.79 Å². The van der Waals surface area contributed by atoms with Crippen LogP contribution in [0.25, 0.3) is 0 Å². The van der Waals surface area contributed by atoms with E-state index in [-0.39, 0.29) is 5.91 Å². The number of carbonyl (C=O) groups excluding carboxylic acids is 1. The average molecular weight is 200 g/mol. The first-order chi connectivity index (χ1) is 6.04. The molecule has 0 aliphatic heterocycles. The zero-order chi connectivity index (χ0) is 10.1. The molecule has 0 atom stereocenters. The van der Waals surface area contributed by atoms with Crippen molar-refractivity contribution in [2.24, 2.45) is 11.1 Å². The van der Waals surface area contributed by atoms with E-state index in [0.29, 0.717) is 11.5 Å². The third-order valence-corrected chi connectivity index (χ3v) is 3.30. The van der Waals surface area contributed by atoms with Crippen LogP contribution in [-0.2, 0) is 4.79 Å². The lowest BCUT2D eigenvalue weighted by atomic mass is 9.67. The lowest BCUT2D eigenvalue weighted by molar-refractivity contribution is -0.140. The molecule has 2 N–H and O–H groups in total. The molecule has 3 nitrogen and oxygen atoms in total. The van der Waals surface area contributed by atoms with Crippen molar-refractivity contribution in [3.8, 4) is 0 Å². The molecule has 0 aromatic carbocycles. The topological polar surface area (TPSA) is 46.3 Å². The first-order valence-electron chi connectivity index (χ1n) is 4.60. The maximum absolute atomic E-state index is 11.9. The fraction of sp³-hybridized carbons (Fsp3) is 0.778. The molecular formula is C9H16N2OS. The molecule has 1 saturated carbocycles. The molecule has 4 heteroatoms. The molecule has 1 aliphatic carbocycles. The summed E-state index contributed by atoms with van der Waals surface area (Å²) < 4.78 is 0. The Bertz CT molecular complexity index is 236. The molecular weight excluding hydrogens is 184 g/mol. The summed E-state index contributed by atoms with van der Waals surface area (Å²) in [5.74, 6) is 0.0914. The first kappa shape index (κ1) is 10.4. The van der Waals surface area contributed by atoms with Crippen molar-refractivity contribution < 1.29 is 4.79 Å². The van der Waals surface area contributed by atoms with E-state index in [4.69, 9.17) is 18.0 Å². The van der Waals surface area contributed by atoms with Crippen LogP contribution in [0.3, 0.4) is 0 Å². The van der Waals surface area contributed by atoms with Gasteiger partial charge in [-0.05, 0) is 19.8 Å². The molecule has 0 aromatic heterocycles. The van der Waals surface area contributed by atoms with Gasteiger partial charge in [-0.25, -0.2) is 0 Å². The Morgan fingerprint density at radius 2 is 2.15 bits per heavy atom. The molecule has 1 aliphatic rings. The van der Waals surface area contributed by atoms with Crippen LogP contribution in [0.15, 0.2) is 0 Å². The smallest absolute Gasteiger partial charge is 0.235 e. The minimum Gasteiger partial charge on any atom is -0.392 e. The van der Waals surface area contributed by atoms with Gasteiger partial charge in [0.25, 0.3) is 0 Å². The number of nitrogens with zero attached hydrogens (tertiary/aromatic N) is 1. The molecule has 0 aromatic rings. The zero-order valence-electron chi connectivity index (χ0n) is 8.17. The van der Waals surface area contributed by atoms with E-state index in [9.17, 15) is 4.79 Å². The molecule has 13 heavy (non-hydrogen) atoms. The third kappa shape index (κ3) is 1.55. The van der Waals surface area contributed by atoms with E-state index >= 15 is 0 Å². The highest BCUT2D eigenvalue weighted by Crippen LogP contribution is 2.42. The van der Waals surface area contributed by atoms with Gasteiger partial charge in [0.15, 0.2) is 0 Å². The molecule has 0 unspecified atom stereocenters. The van der Waals surface area contributed by atoms with Crippen LogP contribution in [0, 0.1) is 5.41 Å². The Kier molecular flexibility index (Phi) is 2.91. The molecule has 0 saturated heterocycles. The number of carbonyl (C=O) groups is 1. The second kappa shape index (κ2) is 3.62. The number of amides is 1. The minimum atomic E-state index is -0.500. The summed E-state index contributed by atoms with van der Waals surface area (Å²) in [4.78, 5) is 13.9. The molecule has 0 bridgehead atoms. The average Bonchev–Trinajstić information content (AvgIpc) is 2.00. The SMILES string of the molecule is CCN(C)C(=O)C1(C(N)=S)CCC1. The van der Waals surface area contributed by atoms with Crippen LogP contribution in [0.4, 0.5) is 0 Å². The van der Waals surface area contributed by atoms with Crippen molar-refractivity contribution in [3.05, 3.63) is 0 Å². The fourth-order valence-electron chi connectivity index (χ4n) is 1.60. The molecule has 1 fully saturated rings. The van der Waals surface area contributed by atoms with Gasteiger partial charge in [0.05, 0.1) is 10.4 Å². The van der Waals surface area contributed by atoms with Crippen molar-refractivity contribution in [2.75, 3.05) is 13.6 Å². The number of hydrogen-bond acceptors (Lipinski definition) is 2. The van der Waals surface area contributed by atoms with Crippen LogP contribution >= 0.6 is 12.2 Å². The standard InChI is InChI=1S/C9H16N2OS/c1-3-11(2)8(12)9(7(10)13)5-4-6-9/h3-6H2,1-2H3,(H2,10,13). The number of rotatable bonds is 3. The monoisotopic (exact) mass is 200 g/mol. The maximum atomic E-state index is 11.9. The number of nitrogens with two attached hydrogens (primary N) is 1. The van der Waals surface area contributed by atoms with Gasteiger partial charge in [-0.1, -0.05) is 18.6 Å². The quantitative estimate of drug-likeness (QED) is 0.689. The summed E-state index contributed by atoms with van der Waals surface area (Å²) >= 11 is 4.95. The van der Waals surface area contributed by atoms with E-state index < -0.39 is 5.41 Å². The molecule has 1 rings (SSSR count). The number of hydrogen-bond donors (Lipinski definition) is 1. The highest BCUT2D eigenvalue weighted by Gasteiger charge is 2.47. The number of thiocarbonyl (C=S) groups is 1. The highest BCUT2D eigenvalue weighted by molar-refractivity contribution is 7.80. The molecule has 0 spiro atoms. The second-order valence-electron chi connectivity index (χ2n) is 3.62. The summed E-state index contributed by atoms with van der Waals surface area (Å²) in [5, 5.41) is 0. The summed E-state index contributed by atoms with van der Waals surface area (Å²) in [6.45, 7) is 2.66. The Labute approximate surface area is 84.3 Å². The predicted molar refractivity (Wildman–Crippen MR) is 56.4 cm³/mol. The van der Waals surface area contributed by atoms with Gasteiger partial charge in [-0.2, -0.15) is 0 Å². The summed E-state index contributed by atoms with van der Waals surface area (Å²) in [5.41, 5.74) is 5.11. The van der Waals surface area contributed by atoms with E-state index in [1.165, 1.54) is 0 Å². The zero-order valence-corrected chi connectivity index (χ0v) is 8.99. The normalized spacial score (nSPS) is 18.9. The Morgan fingerprint density at radius 3 is 2.38 bits per heavy atom. The van der Waals surface area contributed by atoms with E-state index in [1.54, 1.807) is 11.9 Å². The van der Waals surface area contributed by atoms with Gasteiger partial charge in [-0.15, -0.1) is 0 Å². The van der Waals surface area contributed by atoms with Crippen LogP contribution in [-0.4, -0.2) is 29.4 Å². The van der Waals surface area contributed by atoms with Crippen LogP contribution in [0.5, 0.6) is 0 Å². The van der Waals surface area contributed by atoms with Gasteiger partial charge in [0, 0.05) is 13.6 Å². The Hall–Kier alpha value is -0.640. The first-order valence-corrected chi connectivity index (χ1v) is 5.01. The van der Waals surface area contributed by atoms with E-state index in [2.05, 4.69) is 0 Å². The van der Waals surface area contributed by atoms with Crippen LogP contribution in [0.1, 0.15) is 26.2 Å². The van der Waals surface area contributed by atoms with Crippen molar-refractivity contribution in [1.29, 1.82) is 0 Å². The molecule has 74 valence electrons. The Morgan fingerprint density at radius 1 is 1.62 bits per heavy atom. The maximum Gasteiger partial charge on any atom is 0.235 e. The second-order valence-corrected chi connectivity index (χ2v) is 4.06. The Balaban J connectivity index is 2.77. The summed E-state index contributed by atoms with van der Waals surface area (Å²) in [7, 11) is 1.79. The predicted octanol–water partition coefficient (Wildman–Crippen LogP) is 0.921. The fourth-order valence-corrected chi connectivity index (χ4v) is 1.90. The van der Waals surface area contributed by atoms with Crippen LogP contribution in [0.2, 0.25) is 0 Å². The highest BCUT2D eigenvalue weighted by atomic mass is 32.1. The minimum absolute atomic E-state index is 0.0914. The van der Waals surface area contributed by atoms with Crippen molar-refractivity contribution in [1.82, 2.24) is 4.90 Å². The van der Waals surface area contributed by atoms with Gasteiger partial charge >= 0.3 is 0 Å². The lowest BCUT2D eigenvalue weighted by Crippen LogP contribution is -2.53. The molecule has 1 amide bonds. The summed E-state index contributed by atoms with van der Waals surface area (Å²) in [6.07, 6.45) is 2.71. The van der Waals surface area contributed by atoms with E-state index in [1.807, 2.05) is 6.92 Å². The van der Waals surface area contributed by atoms with Crippen molar-refractivity contribution in [3.63, 3.8) is 0 Å². The lowest BCUT2D eigenvalue weighted by Gasteiger charge is -2.41. The van der Waals surface area contributed by atoms with E-state index in [0.717, 1.165) is 19.3 Å². The third-order valence-electron chi connectivity index (χ3n) is 2.91. The molecule has 0 radical (unpaired) electrons. The van der Waals surface area contributed by atoms with Gasteiger partial charge in [0.1, 0.15) is 0 Å². The summed E-state index contributed by atoms with van der Waals surface area (Å²) in [6, 6.07) is 0. The van der Waals surface area contributed by atoms with Gasteiger partial charge in [0.2, 0.25) is 5.91 Å². The largest absolute Gasteiger partial charge is 0.392 e. The van der Waals surface area contributed by atoms with Crippen LogP contribution < -0.4 is 5.73 Å². The molecule has 0 heterocycles.